The average molecular weight is 385 g/mol. The molecule has 1 aromatic heterocycles. The molecular formula is C20H27N5O3. The maximum Gasteiger partial charge on any atom is 0.261 e. The van der Waals surface area contributed by atoms with Crippen LogP contribution < -0.4 is 10.9 Å². The van der Waals surface area contributed by atoms with E-state index in [0.717, 1.165) is 12.0 Å². The van der Waals surface area contributed by atoms with Crippen molar-refractivity contribution in [1.29, 1.82) is 0 Å². The summed E-state index contributed by atoms with van der Waals surface area (Å²) < 4.78 is 1.37. The second kappa shape index (κ2) is 8.97. The van der Waals surface area contributed by atoms with Crippen molar-refractivity contribution in [2.75, 3.05) is 39.3 Å². The normalized spacial score (nSPS) is 15.0. The molecule has 3 rings (SSSR count). The van der Waals surface area contributed by atoms with Crippen LogP contribution in [0.15, 0.2) is 29.3 Å². The molecule has 0 bridgehead atoms. The van der Waals surface area contributed by atoms with E-state index in [2.05, 4.69) is 10.3 Å². The molecule has 8 nitrogen and oxygen atoms in total. The molecule has 1 aromatic carbocycles. The van der Waals surface area contributed by atoms with Gasteiger partial charge in [0.05, 0.1) is 23.8 Å². The lowest BCUT2D eigenvalue weighted by atomic mass is 10.1. The Morgan fingerprint density at radius 2 is 1.89 bits per heavy atom. The van der Waals surface area contributed by atoms with Crippen LogP contribution in [0.25, 0.3) is 10.9 Å². The molecule has 0 saturated carbocycles. The van der Waals surface area contributed by atoms with Gasteiger partial charge in [-0.3, -0.25) is 23.9 Å². The molecule has 28 heavy (non-hydrogen) atoms. The van der Waals surface area contributed by atoms with E-state index in [0.29, 0.717) is 50.2 Å². The highest BCUT2D eigenvalue weighted by Gasteiger charge is 2.23. The molecule has 0 radical (unpaired) electrons. The van der Waals surface area contributed by atoms with Crippen molar-refractivity contribution in [2.24, 2.45) is 0 Å². The highest BCUT2D eigenvalue weighted by Crippen LogP contribution is 2.11. The second-order valence-electron chi connectivity index (χ2n) is 7.16. The molecule has 0 atom stereocenters. The Morgan fingerprint density at radius 1 is 1.14 bits per heavy atom. The Hall–Kier alpha value is -2.74. The maximum atomic E-state index is 12.7. The molecule has 1 fully saturated rings. The third-order valence-electron chi connectivity index (χ3n) is 5.03. The predicted molar refractivity (Wildman–Crippen MR) is 107 cm³/mol. The number of carbonyl (C=O) groups is 2. The van der Waals surface area contributed by atoms with Gasteiger partial charge in [-0.2, -0.15) is 0 Å². The molecule has 1 saturated heterocycles. The number of aromatic nitrogens is 2. The summed E-state index contributed by atoms with van der Waals surface area (Å²) in [5.74, 6) is -0.0864. The summed E-state index contributed by atoms with van der Waals surface area (Å²) >= 11 is 0. The van der Waals surface area contributed by atoms with Crippen LogP contribution in [0.5, 0.6) is 0 Å². The molecule has 1 N–H and O–H groups in total. The maximum absolute atomic E-state index is 12.7. The van der Waals surface area contributed by atoms with Gasteiger partial charge < -0.3 is 10.2 Å². The monoisotopic (exact) mass is 385 g/mol. The molecule has 0 unspecified atom stereocenters. The minimum Gasteiger partial charge on any atom is -0.355 e. The van der Waals surface area contributed by atoms with E-state index in [-0.39, 0.29) is 23.9 Å². The Kier molecular flexibility index (Phi) is 6.41. The number of hydrogen-bond donors (Lipinski definition) is 1. The van der Waals surface area contributed by atoms with Crippen molar-refractivity contribution < 1.29 is 9.59 Å². The predicted octanol–water partition coefficient (Wildman–Crippen LogP) is 0.375. The summed E-state index contributed by atoms with van der Waals surface area (Å²) in [6.07, 6.45) is 2.36. The number of rotatable bonds is 6. The van der Waals surface area contributed by atoms with Crippen LogP contribution in [0.3, 0.4) is 0 Å². The summed E-state index contributed by atoms with van der Waals surface area (Å²) in [6.45, 7) is 7.34. The number of nitrogens with one attached hydrogen (secondary N) is 1. The number of aryl methyl sites for hydroxylation is 1. The molecule has 2 amide bonds. The zero-order chi connectivity index (χ0) is 20.1. The third kappa shape index (κ3) is 4.56. The number of para-hydroxylation sites is 1. The Labute approximate surface area is 164 Å². The van der Waals surface area contributed by atoms with Gasteiger partial charge in [-0.1, -0.05) is 19.1 Å². The van der Waals surface area contributed by atoms with Crippen molar-refractivity contribution in [2.45, 2.75) is 26.8 Å². The van der Waals surface area contributed by atoms with E-state index in [4.69, 9.17) is 0 Å². The molecule has 2 aromatic rings. The first-order valence-corrected chi connectivity index (χ1v) is 9.71. The Morgan fingerprint density at radius 3 is 2.61 bits per heavy atom. The largest absolute Gasteiger partial charge is 0.355 e. The van der Waals surface area contributed by atoms with Gasteiger partial charge in [-0.25, -0.2) is 4.98 Å². The molecule has 2 heterocycles. The van der Waals surface area contributed by atoms with Crippen molar-refractivity contribution in [3.05, 3.63) is 40.4 Å². The van der Waals surface area contributed by atoms with Gasteiger partial charge in [0.2, 0.25) is 11.8 Å². The number of fused-ring (bicyclic) bond motifs is 1. The summed E-state index contributed by atoms with van der Waals surface area (Å²) in [4.78, 5) is 45.2. The lowest BCUT2D eigenvalue weighted by Gasteiger charge is -2.34. The first-order chi connectivity index (χ1) is 13.5. The van der Waals surface area contributed by atoms with Gasteiger partial charge >= 0.3 is 0 Å². The molecule has 8 heteroatoms. The van der Waals surface area contributed by atoms with Gasteiger partial charge in [-0.05, 0) is 25.0 Å². The minimum absolute atomic E-state index is 0.0192. The summed E-state index contributed by atoms with van der Waals surface area (Å²) in [5, 5.41) is 3.39. The lowest BCUT2D eigenvalue weighted by Crippen LogP contribution is -2.52. The highest BCUT2D eigenvalue weighted by atomic mass is 16.2. The number of piperazine rings is 1. The number of hydrogen-bond acceptors (Lipinski definition) is 5. The minimum atomic E-state index is -0.201. The summed E-state index contributed by atoms with van der Waals surface area (Å²) in [6, 6.07) is 5.47. The van der Waals surface area contributed by atoms with Crippen molar-refractivity contribution in [3.8, 4) is 0 Å². The fourth-order valence-corrected chi connectivity index (χ4v) is 3.37. The fourth-order valence-electron chi connectivity index (χ4n) is 3.37. The van der Waals surface area contributed by atoms with E-state index < -0.39 is 0 Å². The van der Waals surface area contributed by atoms with Gasteiger partial charge in [-0.15, -0.1) is 0 Å². The van der Waals surface area contributed by atoms with Crippen LogP contribution in [0.2, 0.25) is 0 Å². The van der Waals surface area contributed by atoms with Crippen LogP contribution in [-0.2, 0) is 16.1 Å². The Bertz CT molecular complexity index is 916. The standard InChI is InChI=1S/C20H27N5O3/c1-3-7-21-17(26)12-23-8-10-24(11-9-23)18(27)13-25-14-22-19-15(2)5-4-6-16(19)20(25)28/h4-6,14H,3,7-13H2,1-2H3,(H,21,26). The van der Waals surface area contributed by atoms with Crippen molar-refractivity contribution in [1.82, 2.24) is 24.7 Å². The number of carbonyl (C=O) groups excluding carboxylic acids is 2. The quantitative estimate of drug-likeness (QED) is 0.777. The van der Waals surface area contributed by atoms with E-state index in [1.165, 1.54) is 10.9 Å². The van der Waals surface area contributed by atoms with Gasteiger partial charge in [0, 0.05) is 32.7 Å². The third-order valence-corrected chi connectivity index (χ3v) is 5.03. The van der Waals surface area contributed by atoms with Crippen LogP contribution in [0.4, 0.5) is 0 Å². The summed E-state index contributed by atoms with van der Waals surface area (Å²) in [5.41, 5.74) is 1.41. The number of amides is 2. The highest BCUT2D eigenvalue weighted by molar-refractivity contribution is 5.81. The van der Waals surface area contributed by atoms with Gasteiger partial charge in [0.1, 0.15) is 6.54 Å². The number of benzene rings is 1. The van der Waals surface area contributed by atoms with Crippen LogP contribution >= 0.6 is 0 Å². The van der Waals surface area contributed by atoms with Crippen molar-refractivity contribution in [3.63, 3.8) is 0 Å². The fraction of sp³-hybridized carbons (Fsp3) is 0.500. The molecule has 0 aliphatic carbocycles. The van der Waals surface area contributed by atoms with Crippen LogP contribution in [0.1, 0.15) is 18.9 Å². The lowest BCUT2D eigenvalue weighted by molar-refractivity contribution is -0.134. The van der Waals surface area contributed by atoms with Gasteiger partial charge in [0.15, 0.2) is 0 Å². The van der Waals surface area contributed by atoms with Crippen LogP contribution in [-0.4, -0.2) is 70.4 Å². The molecular weight excluding hydrogens is 358 g/mol. The van der Waals surface area contributed by atoms with Crippen molar-refractivity contribution >= 4 is 22.7 Å². The van der Waals surface area contributed by atoms with E-state index in [1.807, 2.05) is 30.9 Å². The second-order valence-corrected chi connectivity index (χ2v) is 7.16. The zero-order valence-electron chi connectivity index (χ0n) is 16.5. The topological polar surface area (TPSA) is 87.5 Å². The van der Waals surface area contributed by atoms with Crippen LogP contribution in [0, 0.1) is 6.92 Å². The van der Waals surface area contributed by atoms with E-state index in [1.54, 1.807) is 11.0 Å². The molecule has 150 valence electrons. The first kappa shape index (κ1) is 20.0. The van der Waals surface area contributed by atoms with E-state index in [9.17, 15) is 14.4 Å². The summed E-state index contributed by atoms with van der Waals surface area (Å²) in [7, 11) is 0. The average Bonchev–Trinajstić information content (AvgIpc) is 2.69. The zero-order valence-corrected chi connectivity index (χ0v) is 16.5. The smallest absolute Gasteiger partial charge is 0.261 e. The van der Waals surface area contributed by atoms with E-state index >= 15 is 0 Å². The Balaban J connectivity index is 1.58. The number of nitrogens with zero attached hydrogens (tertiary/aromatic N) is 4. The molecule has 1 aliphatic rings. The molecule has 0 spiro atoms. The molecule has 1 aliphatic heterocycles. The first-order valence-electron chi connectivity index (χ1n) is 9.71. The SMILES string of the molecule is CCCNC(=O)CN1CCN(C(=O)Cn2cnc3c(C)cccc3c2=O)CC1. The van der Waals surface area contributed by atoms with Gasteiger partial charge in [0.25, 0.3) is 5.56 Å².